The van der Waals surface area contributed by atoms with Gasteiger partial charge in [0.1, 0.15) is 5.75 Å². The predicted molar refractivity (Wildman–Crippen MR) is 259 cm³/mol. The van der Waals surface area contributed by atoms with Crippen LogP contribution in [0.4, 0.5) is 0 Å². The first-order valence-electron chi connectivity index (χ1n) is 15.1. The normalized spacial score (nSPS) is 8.58. The van der Waals surface area contributed by atoms with E-state index in [0.29, 0.717) is 5.56 Å². The lowest BCUT2D eigenvalue weighted by molar-refractivity contribution is 0.103. The van der Waals surface area contributed by atoms with Crippen LogP contribution in [0.3, 0.4) is 0 Å². The molecule has 2 aliphatic rings. The number of benzene rings is 4. The molecule has 0 bridgehead atoms. The molecule has 0 amide bonds. The number of rotatable bonds is 0. The SMILES string of the molecule is Br.C#CC#CC#CC#CC#CC#CC#CC#CC#CC#CC#C.Cc1ccc2c(c1)C(=O)c1ccccc1-2.O=C1c2ccccc2-c2ccc(O)cc21.[HH].[HH].[HH].[HH].[HH].[HH].[HH].[HH].[HH].[HH].[HH].[HH].[HH].[HH].[HH].[HH].[HH].[HH].[HH].[HH].[HH]. The number of ketones is 2. The summed E-state index contributed by atoms with van der Waals surface area (Å²) in [7, 11) is 0. The van der Waals surface area contributed by atoms with E-state index in [2.05, 4.69) is 118 Å². The maximum absolute atomic E-state index is 12.0. The van der Waals surface area contributed by atoms with Crippen LogP contribution < -0.4 is 0 Å². The van der Waals surface area contributed by atoms with E-state index >= 15 is 0 Å². The molecule has 0 spiro atoms. The summed E-state index contributed by atoms with van der Waals surface area (Å²) in [5, 5.41) is 9.34. The maximum Gasteiger partial charge on any atom is 0.194 e. The minimum Gasteiger partial charge on any atom is -0.508 e. The second-order valence-electron chi connectivity index (χ2n) is 10.1. The van der Waals surface area contributed by atoms with Gasteiger partial charge in [0.2, 0.25) is 0 Å². The molecule has 6 rings (SSSR count). The second kappa shape index (κ2) is 20.9. The molecule has 0 radical (unpaired) electrons. The van der Waals surface area contributed by atoms with Crippen molar-refractivity contribution in [1.82, 2.24) is 0 Å². The number of halogens is 1. The number of aromatic hydroxyl groups is 1. The number of hydrogen-bond donors (Lipinski definition) is 1. The molecule has 0 saturated carbocycles. The highest BCUT2D eigenvalue weighted by Gasteiger charge is 2.26. The zero-order valence-electron chi connectivity index (χ0n) is 27.9. The molecule has 0 unspecified atom stereocenters. The van der Waals surface area contributed by atoms with E-state index in [1.165, 1.54) is 6.07 Å². The quantitative estimate of drug-likeness (QED) is 0.156. The van der Waals surface area contributed by atoms with Crippen LogP contribution in [0.1, 0.15) is 67.4 Å². The maximum atomic E-state index is 12.0. The Balaban J connectivity index is -0.0000000317. The molecule has 2 aliphatic carbocycles. The number of phenols is 1. The van der Waals surface area contributed by atoms with Gasteiger partial charge in [-0.05, 0) is 148 Å². The summed E-state index contributed by atoms with van der Waals surface area (Å²) in [5.41, 5.74) is 8.13. The Morgan fingerprint density at radius 3 is 1.09 bits per heavy atom. The van der Waals surface area contributed by atoms with Crippen molar-refractivity contribution in [2.45, 2.75) is 6.92 Å². The van der Waals surface area contributed by atoms with E-state index in [-0.39, 0.29) is 64.3 Å². The van der Waals surface area contributed by atoms with E-state index in [9.17, 15) is 14.7 Å². The molecule has 1 N–H and O–H groups in total. The molecule has 284 valence electrons. The summed E-state index contributed by atoms with van der Waals surface area (Å²) in [4.78, 5) is 24.0. The third-order valence-electron chi connectivity index (χ3n) is 6.80. The predicted octanol–water partition coefficient (Wildman–Crippen LogP) is 11.8. The van der Waals surface area contributed by atoms with Gasteiger partial charge in [0.05, 0.1) is 0 Å². The van der Waals surface area contributed by atoms with Crippen molar-refractivity contribution in [3.8, 4) is 159 Å². The molecule has 0 heterocycles. The number of fused-ring (bicyclic) bond motifs is 6. The minimum absolute atomic E-state index is 0. The average molecular weight is 780 g/mol. The molecule has 0 aromatic heterocycles. The van der Waals surface area contributed by atoms with Gasteiger partial charge in [-0.2, -0.15) is 0 Å². The third kappa shape index (κ3) is 11.1. The molecule has 4 heteroatoms. The fraction of sp³-hybridized carbons (Fsp3) is 0.0204. The van der Waals surface area contributed by atoms with Crippen molar-refractivity contribution in [3.05, 3.63) is 113 Å². The van der Waals surface area contributed by atoms with E-state index in [0.717, 1.165) is 44.5 Å². The van der Waals surface area contributed by atoms with Crippen LogP contribution in [0.5, 0.6) is 5.75 Å². The number of terminal acetylenes is 2. The van der Waals surface area contributed by atoms with Crippen LogP contribution in [0.15, 0.2) is 84.9 Å². The van der Waals surface area contributed by atoms with Gasteiger partial charge < -0.3 is 5.11 Å². The van der Waals surface area contributed by atoms with Crippen LogP contribution in [0, 0.1) is 138 Å². The highest BCUT2D eigenvalue weighted by atomic mass is 79.9. The van der Waals surface area contributed by atoms with Gasteiger partial charge in [-0.1, -0.05) is 66.2 Å². The molecular formula is C49H63BrO3. The molecule has 0 saturated heterocycles. The van der Waals surface area contributed by atoms with E-state index in [1.807, 2.05) is 73.7 Å². The lowest BCUT2D eigenvalue weighted by Gasteiger charge is -1.99. The van der Waals surface area contributed by atoms with Gasteiger partial charge in [0.15, 0.2) is 11.6 Å². The van der Waals surface area contributed by atoms with Gasteiger partial charge in [-0.25, -0.2) is 0 Å². The van der Waals surface area contributed by atoms with Crippen molar-refractivity contribution in [2.24, 2.45) is 0 Å². The largest absolute Gasteiger partial charge is 0.508 e. The second-order valence-corrected chi connectivity index (χ2v) is 10.1. The summed E-state index contributed by atoms with van der Waals surface area (Å²) in [6.07, 6.45) is 9.80. The standard InChI is InChI=1S/C22H2.C14H10O.C13H8O2.BrH.21H2/c1-3-5-7-9-11-13-15-17-19-21-22-20-18-16-14-12-10-8-6-4-2;1-9-6-7-11-10-4-2-3-5-12(10)14(15)13(11)8-9;14-8-5-6-10-9-3-1-2-4-11(9)13(15)12(10)7-8;;;;;;;;;;;;;;;;;;;;;;/h1-2H;2-8H,1H3;1-7,14H;22*1H. The summed E-state index contributed by atoms with van der Waals surface area (Å²) in [6.45, 7) is 2.01. The Morgan fingerprint density at radius 2 is 0.717 bits per heavy atom. The van der Waals surface area contributed by atoms with Gasteiger partial charge >= 0.3 is 0 Å². The van der Waals surface area contributed by atoms with E-state index in [4.69, 9.17) is 12.8 Å². The molecule has 0 aliphatic heterocycles. The third-order valence-corrected chi connectivity index (χ3v) is 6.80. The lowest BCUT2D eigenvalue weighted by atomic mass is 10.0. The number of hydrogen-bond acceptors (Lipinski definition) is 3. The smallest absolute Gasteiger partial charge is 0.194 e. The van der Waals surface area contributed by atoms with Gasteiger partial charge in [-0.15, -0.1) is 29.8 Å². The van der Waals surface area contributed by atoms with Crippen molar-refractivity contribution < 1.29 is 44.7 Å². The molecule has 0 atom stereocenters. The first-order chi connectivity index (χ1) is 25.5. The first kappa shape index (κ1) is 39.1. The van der Waals surface area contributed by atoms with Crippen molar-refractivity contribution in [1.29, 1.82) is 0 Å². The zero-order valence-corrected chi connectivity index (χ0v) is 29.6. The van der Waals surface area contributed by atoms with E-state index < -0.39 is 0 Å². The molecule has 3 nitrogen and oxygen atoms in total. The van der Waals surface area contributed by atoms with Crippen LogP contribution in [0.2, 0.25) is 0 Å². The highest BCUT2D eigenvalue weighted by molar-refractivity contribution is 8.93. The van der Waals surface area contributed by atoms with Gasteiger partial charge in [-0.3, -0.25) is 9.59 Å². The minimum atomic E-state index is -0.00324. The number of aryl methyl sites for hydroxylation is 1. The van der Waals surface area contributed by atoms with Crippen LogP contribution in [-0.4, -0.2) is 16.7 Å². The summed E-state index contributed by atoms with van der Waals surface area (Å²) in [6, 6.07) is 26.3. The first-order valence-corrected chi connectivity index (χ1v) is 15.1. The van der Waals surface area contributed by atoms with E-state index in [1.54, 1.807) is 12.1 Å². The lowest BCUT2D eigenvalue weighted by Crippen LogP contribution is -1.94. The van der Waals surface area contributed by atoms with Gasteiger partial charge in [0, 0.05) is 75.9 Å². The number of phenolic OH excluding ortho intramolecular Hbond substituents is 1. The zero-order chi connectivity index (χ0) is 37.0. The fourth-order valence-electron chi connectivity index (χ4n) is 4.73. The summed E-state index contributed by atoms with van der Waals surface area (Å²) in [5.74, 6) is 48.5. The highest BCUT2D eigenvalue weighted by Crippen LogP contribution is 2.38. The van der Waals surface area contributed by atoms with Crippen LogP contribution in [-0.2, 0) is 0 Å². The Labute approximate surface area is 352 Å². The van der Waals surface area contributed by atoms with Crippen molar-refractivity contribution >= 4 is 28.5 Å². The monoisotopic (exact) mass is 778 g/mol. The van der Waals surface area contributed by atoms with Gasteiger partial charge in [0.25, 0.3) is 0 Å². The molecular weight excluding hydrogens is 716 g/mol. The number of carbonyl (C=O) groups is 2. The molecule has 0 fully saturated rings. The molecule has 4 aromatic carbocycles. The van der Waals surface area contributed by atoms with Crippen molar-refractivity contribution in [2.75, 3.05) is 0 Å². The van der Waals surface area contributed by atoms with Crippen LogP contribution in [0.25, 0.3) is 22.3 Å². The Morgan fingerprint density at radius 1 is 0.415 bits per heavy atom. The fourth-order valence-corrected chi connectivity index (χ4v) is 4.73. The molecule has 4 aromatic rings. The molecule has 53 heavy (non-hydrogen) atoms. The summed E-state index contributed by atoms with van der Waals surface area (Å²) < 4.78 is 0. The average Bonchev–Trinajstić information content (AvgIpc) is 3.61. The number of carbonyl (C=O) groups excluding carboxylic acids is 2. The Kier molecular flexibility index (Phi) is 15.4. The van der Waals surface area contributed by atoms with Crippen LogP contribution >= 0.6 is 17.0 Å². The summed E-state index contributed by atoms with van der Waals surface area (Å²) >= 11 is 0. The topological polar surface area (TPSA) is 54.4 Å². The Hall–Kier alpha value is -8.34. The Bertz CT molecular complexity index is 2690. The van der Waals surface area contributed by atoms with Crippen molar-refractivity contribution in [3.63, 3.8) is 0 Å².